The number of ether oxygens (including phenoxy) is 2. The van der Waals surface area contributed by atoms with Crippen LogP contribution in [0.15, 0.2) is 48.5 Å². The molecule has 1 aliphatic heterocycles. The highest BCUT2D eigenvalue weighted by molar-refractivity contribution is 5.97. The van der Waals surface area contributed by atoms with Crippen molar-refractivity contribution in [2.24, 2.45) is 0 Å². The Labute approximate surface area is 154 Å². The van der Waals surface area contributed by atoms with E-state index in [0.29, 0.717) is 23.6 Å². The molecular formula is C21H26N2O3. The highest BCUT2D eigenvalue weighted by Crippen LogP contribution is 2.26. The van der Waals surface area contributed by atoms with E-state index in [2.05, 4.69) is 22.3 Å². The third-order valence-corrected chi connectivity index (χ3v) is 4.88. The van der Waals surface area contributed by atoms with Gasteiger partial charge in [-0.15, -0.1) is 0 Å². The van der Waals surface area contributed by atoms with Crippen molar-refractivity contribution in [3.05, 3.63) is 59.7 Å². The Kier molecular flexibility index (Phi) is 6.12. The molecule has 1 saturated heterocycles. The predicted molar refractivity (Wildman–Crippen MR) is 102 cm³/mol. The lowest BCUT2D eigenvalue weighted by Gasteiger charge is -2.28. The van der Waals surface area contributed by atoms with Crippen molar-refractivity contribution < 1.29 is 14.3 Å². The lowest BCUT2D eigenvalue weighted by Crippen LogP contribution is -2.36. The number of likely N-dealkylation sites (tertiary alicyclic amines) is 1. The third-order valence-electron chi connectivity index (χ3n) is 4.88. The summed E-state index contributed by atoms with van der Waals surface area (Å²) < 4.78 is 10.5. The highest BCUT2D eigenvalue weighted by Gasteiger charge is 2.24. The number of benzene rings is 2. The van der Waals surface area contributed by atoms with Gasteiger partial charge in [-0.1, -0.05) is 30.3 Å². The molecule has 5 heteroatoms. The highest BCUT2D eigenvalue weighted by atomic mass is 16.5. The van der Waals surface area contributed by atoms with Gasteiger partial charge in [-0.2, -0.15) is 0 Å². The minimum atomic E-state index is -0.135. The molecule has 0 bridgehead atoms. The van der Waals surface area contributed by atoms with E-state index in [4.69, 9.17) is 9.47 Å². The first-order chi connectivity index (χ1) is 12.7. The number of rotatable bonds is 7. The molecule has 0 unspecified atom stereocenters. The minimum Gasteiger partial charge on any atom is -0.497 e. The number of nitrogens with one attached hydrogen (secondary N) is 1. The van der Waals surface area contributed by atoms with Crippen LogP contribution < -0.4 is 14.8 Å². The standard InChI is InChI=1S/C21H26N2O3/c1-25-17-10-11-18(20(14-17)26-2)21(24)22-15-19(23-12-6-7-13-23)16-8-4-3-5-9-16/h3-5,8-11,14,19H,6-7,12-13,15H2,1-2H3,(H,22,24)/t19-/m1/s1. The molecule has 138 valence electrons. The van der Waals surface area contributed by atoms with E-state index in [9.17, 15) is 4.79 Å². The van der Waals surface area contributed by atoms with E-state index >= 15 is 0 Å². The van der Waals surface area contributed by atoms with E-state index in [-0.39, 0.29) is 11.9 Å². The number of carbonyl (C=O) groups excluding carboxylic acids is 1. The summed E-state index contributed by atoms with van der Waals surface area (Å²) in [6.45, 7) is 2.71. The Morgan fingerprint density at radius 3 is 2.46 bits per heavy atom. The zero-order chi connectivity index (χ0) is 18.4. The molecule has 3 rings (SSSR count). The summed E-state index contributed by atoms with van der Waals surface area (Å²) in [4.78, 5) is 15.2. The van der Waals surface area contributed by atoms with Crippen molar-refractivity contribution in [3.63, 3.8) is 0 Å². The second-order valence-corrected chi connectivity index (χ2v) is 6.45. The third kappa shape index (κ3) is 4.17. The number of nitrogens with zero attached hydrogens (tertiary/aromatic N) is 1. The van der Waals surface area contributed by atoms with Crippen molar-refractivity contribution in [2.45, 2.75) is 18.9 Å². The van der Waals surface area contributed by atoms with Crippen molar-refractivity contribution in [1.29, 1.82) is 0 Å². The van der Waals surface area contributed by atoms with Gasteiger partial charge in [0, 0.05) is 12.6 Å². The average Bonchev–Trinajstić information content (AvgIpc) is 3.22. The van der Waals surface area contributed by atoms with Crippen LogP contribution in [-0.2, 0) is 0 Å². The van der Waals surface area contributed by atoms with Gasteiger partial charge in [0.2, 0.25) is 0 Å². The molecule has 5 nitrogen and oxygen atoms in total. The summed E-state index contributed by atoms with van der Waals surface area (Å²) >= 11 is 0. The molecule has 2 aromatic carbocycles. The first-order valence-electron chi connectivity index (χ1n) is 9.02. The number of carbonyl (C=O) groups is 1. The number of hydrogen-bond acceptors (Lipinski definition) is 4. The fraction of sp³-hybridized carbons (Fsp3) is 0.381. The van der Waals surface area contributed by atoms with Crippen LogP contribution in [0, 0.1) is 0 Å². The van der Waals surface area contributed by atoms with Crippen molar-refractivity contribution in [3.8, 4) is 11.5 Å². The number of hydrogen-bond donors (Lipinski definition) is 1. The largest absolute Gasteiger partial charge is 0.497 e. The van der Waals surface area contributed by atoms with Gasteiger partial charge < -0.3 is 14.8 Å². The van der Waals surface area contributed by atoms with Crippen LogP contribution in [0.4, 0.5) is 0 Å². The maximum atomic E-state index is 12.7. The van der Waals surface area contributed by atoms with Gasteiger partial charge in [0.1, 0.15) is 11.5 Å². The zero-order valence-electron chi connectivity index (χ0n) is 15.4. The monoisotopic (exact) mass is 354 g/mol. The first-order valence-corrected chi connectivity index (χ1v) is 9.02. The zero-order valence-corrected chi connectivity index (χ0v) is 15.4. The van der Waals surface area contributed by atoms with E-state index in [1.807, 2.05) is 18.2 Å². The molecule has 2 aromatic rings. The molecule has 1 aliphatic rings. The Morgan fingerprint density at radius 2 is 1.81 bits per heavy atom. The second kappa shape index (κ2) is 8.72. The lowest BCUT2D eigenvalue weighted by atomic mass is 10.1. The number of amides is 1. The molecule has 0 aromatic heterocycles. The van der Waals surface area contributed by atoms with E-state index < -0.39 is 0 Å². The molecule has 1 N–H and O–H groups in total. The second-order valence-electron chi connectivity index (χ2n) is 6.45. The molecule has 1 atom stereocenters. The Bertz CT molecular complexity index is 727. The van der Waals surface area contributed by atoms with Crippen LogP contribution in [0.5, 0.6) is 11.5 Å². The van der Waals surface area contributed by atoms with Crippen molar-refractivity contribution in [1.82, 2.24) is 10.2 Å². The summed E-state index contributed by atoms with van der Waals surface area (Å²) in [6.07, 6.45) is 2.42. The summed E-state index contributed by atoms with van der Waals surface area (Å²) in [5, 5.41) is 3.09. The SMILES string of the molecule is COc1ccc(C(=O)NC[C@H](c2ccccc2)N2CCCC2)c(OC)c1. The van der Waals surface area contributed by atoms with Crippen LogP contribution >= 0.6 is 0 Å². The maximum absolute atomic E-state index is 12.7. The number of methoxy groups -OCH3 is 2. The summed E-state index contributed by atoms with van der Waals surface area (Å²) in [5.41, 5.74) is 1.75. The fourth-order valence-electron chi connectivity index (χ4n) is 3.46. The van der Waals surface area contributed by atoms with E-state index in [1.54, 1.807) is 32.4 Å². The van der Waals surface area contributed by atoms with Gasteiger partial charge in [0.15, 0.2) is 0 Å². The van der Waals surface area contributed by atoms with Gasteiger partial charge in [0.25, 0.3) is 5.91 Å². The molecule has 0 radical (unpaired) electrons. The normalized spacial score (nSPS) is 15.5. The first kappa shape index (κ1) is 18.3. The van der Waals surface area contributed by atoms with E-state index in [0.717, 1.165) is 13.1 Å². The Hall–Kier alpha value is -2.53. The maximum Gasteiger partial charge on any atom is 0.255 e. The smallest absolute Gasteiger partial charge is 0.255 e. The van der Waals surface area contributed by atoms with Crippen LogP contribution in [-0.4, -0.2) is 44.7 Å². The van der Waals surface area contributed by atoms with E-state index in [1.165, 1.54) is 18.4 Å². The van der Waals surface area contributed by atoms with Crippen LogP contribution in [0.25, 0.3) is 0 Å². The molecule has 0 aliphatic carbocycles. The lowest BCUT2D eigenvalue weighted by molar-refractivity contribution is 0.0935. The van der Waals surface area contributed by atoms with Gasteiger partial charge in [-0.25, -0.2) is 0 Å². The molecule has 1 heterocycles. The Balaban J connectivity index is 1.73. The fourth-order valence-corrected chi connectivity index (χ4v) is 3.46. The van der Waals surface area contributed by atoms with Crippen LogP contribution in [0.1, 0.15) is 34.8 Å². The van der Waals surface area contributed by atoms with Gasteiger partial charge in [-0.3, -0.25) is 9.69 Å². The molecule has 0 spiro atoms. The average molecular weight is 354 g/mol. The van der Waals surface area contributed by atoms with Crippen LogP contribution in [0.2, 0.25) is 0 Å². The summed E-state index contributed by atoms with van der Waals surface area (Å²) in [7, 11) is 3.15. The van der Waals surface area contributed by atoms with Gasteiger partial charge >= 0.3 is 0 Å². The summed E-state index contributed by atoms with van der Waals surface area (Å²) in [6, 6.07) is 15.8. The molecule has 1 amide bonds. The van der Waals surface area contributed by atoms with Crippen molar-refractivity contribution in [2.75, 3.05) is 33.9 Å². The Morgan fingerprint density at radius 1 is 1.08 bits per heavy atom. The van der Waals surface area contributed by atoms with Crippen molar-refractivity contribution >= 4 is 5.91 Å². The minimum absolute atomic E-state index is 0.135. The molecule has 0 saturated carbocycles. The van der Waals surface area contributed by atoms with Gasteiger partial charge in [0.05, 0.1) is 25.8 Å². The molecular weight excluding hydrogens is 328 g/mol. The molecule has 26 heavy (non-hydrogen) atoms. The quantitative estimate of drug-likeness (QED) is 0.829. The van der Waals surface area contributed by atoms with Crippen LogP contribution in [0.3, 0.4) is 0 Å². The van der Waals surface area contributed by atoms with Gasteiger partial charge in [-0.05, 0) is 43.6 Å². The summed E-state index contributed by atoms with van der Waals surface area (Å²) in [5.74, 6) is 1.04. The predicted octanol–water partition coefficient (Wildman–Crippen LogP) is 3.27. The topological polar surface area (TPSA) is 50.8 Å². The molecule has 1 fully saturated rings.